The van der Waals surface area contributed by atoms with Crippen molar-refractivity contribution in [2.75, 3.05) is 13.1 Å². The minimum absolute atomic E-state index is 0.0824. The molecule has 0 bridgehead atoms. The number of rotatable bonds is 24. The highest BCUT2D eigenvalue weighted by atomic mass is 16.4. The summed E-state index contributed by atoms with van der Waals surface area (Å²) < 4.78 is 0. The summed E-state index contributed by atoms with van der Waals surface area (Å²) in [4.78, 5) is 123. The molecule has 0 rings (SSSR count). The average molecular weight is 744 g/mol. The first-order valence-electron chi connectivity index (χ1n) is 16.6. The Kier molecular flexibility index (Phi) is 20.8. The third kappa shape index (κ3) is 19.2. The van der Waals surface area contributed by atoms with E-state index in [1.807, 2.05) is 5.32 Å². The Morgan fingerprint density at radius 3 is 1.35 bits per heavy atom. The summed E-state index contributed by atoms with van der Waals surface area (Å²) in [6.45, 7) is 8.37. The summed E-state index contributed by atoms with van der Waals surface area (Å²) >= 11 is 0. The van der Waals surface area contributed by atoms with Crippen molar-refractivity contribution in [2.45, 2.75) is 110 Å². The normalized spacial score (nSPS) is 14.3. The van der Waals surface area contributed by atoms with Gasteiger partial charge in [-0.2, -0.15) is 0 Å². The van der Waals surface area contributed by atoms with Crippen molar-refractivity contribution in [2.24, 2.45) is 23.3 Å². The third-order valence-electron chi connectivity index (χ3n) is 7.13. The lowest BCUT2D eigenvalue weighted by molar-refractivity contribution is -0.141. The smallest absolute Gasteiger partial charge is 0.322 e. The SMILES string of the molecule is CC(C)C[C@H](NC(=O)[C@H](C)NC(=O)[C@H](CC(C)C)NC(=O)[C@H](CCC(N)=O)NC(=O)CN)C(=O)N[C@@H](C)C(=O)N[C@@H](CC(=O)O)C(=O)NCC(=O)O. The number of hydrogen-bond acceptors (Lipinski definition) is 11. The first-order chi connectivity index (χ1) is 24.1. The fourth-order valence-corrected chi connectivity index (χ4v) is 4.51. The number of nitrogens with one attached hydrogen (secondary N) is 7. The molecule has 0 unspecified atom stereocenters. The first kappa shape index (κ1) is 46.7. The van der Waals surface area contributed by atoms with E-state index in [0.717, 1.165) is 0 Å². The Morgan fingerprint density at radius 1 is 0.538 bits per heavy atom. The van der Waals surface area contributed by atoms with Crippen LogP contribution in [-0.2, 0) is 47.9 Å². The summed E-state index contributed by atoms with van der Waals surface area (Å²) in [5, 5.41) is 34.3. The number of carboxylic acid groups (broad SMARTS) is 2. The molecule has 0 aromatic heterocycles. The zero-order valence-electron chi connectivity index (χ0n) is 30.2. The Morgan fingerprint density at radius 2 is 0.962 bits per heavy atom. The first-order valence-corrected chi connectivity index (χ1v) is 16.6. The molecule has 21 heteroatoms. The predicted molar refractivity (Wildman–Crippen MR) is 182 cm³/mol. The number of hydrogen-bond donors (Lipinski definition) is 11. The number of carbonyl (C=O) groups excluding carboxylic acids is 8. The van der Waals surface area contributed by atoms with Crippen LogP contribution < -0.4 is 48.7 Å². The molecule has 0 saturated heterocycles. The lowest BCUT2D eigenvalue weighted by Crippen LogP contribution is -2.59. The Labute approximate surface area is 300 Å². The molecule has 0 heterocycles. The second-order valence-electron chi connectivity index (χ2n) is 12.9. The molecule has 0 spiro atoms. The van der Waals surface area contributed by atoms with Crippen LogP contribution in [0.1, 0.15) is 73.6 Å². The van der Waals surface area contributed by atoms with Crippen molar-refractivity contribution in [3.63, 3.8) is 0 Å². The highest BCUT2D eigenvalue weighted by Gasteiger charge is 2.32. The van der Waals surface area contributed by atoms with Crippen molar-refractivity contribution < 1.29 is 58.2 Å². The molecule has 0 aromatic rings. The van der Waals surface area contributed by atoms with Crippen LogP contribution in [0.3, 0.4) is 0 Å². The zero-order chi connectivity index (χ0) is 40.3. The van der Waals surface area contributed by atoms with E-state index >= 15 is 0 Å². The minimum atomic E-state index is -1.66. The quantitative estimate of drug-likeness (QED) is 0.0449. The van der Waals surface area contributed by atoms with Crippen molar-refractivity contribution in [3.05, 3.63) is 0 Å². The van der Waals surface area contributed by atoms with Gasteiger partial charge in [-0.25, -0.2) is 0 Å². The molecule has 0 aliphatic carbocycles. The van der Waals surface area contributed by atoms with Gasteiger partial charge in [0.25, 0.3) is 0 Å². The molecule has 6 atom stereocenters. The summed E-state index contributed by atoms with van der Waals surface area (Å²) in [6, 6.07) is -7.89. The van der Waals surface area contributed by atoms with Crippen molar-refractivity contribution in [1.29, 1.82) is 0 Å². The van der Waals surface area contributed by atoms with Crippen molar-refractivity contribution in [1.82, 2.24) is 37.2 Å². The van der Waals surface area contributed by atoms with Gasteiger partial charge in [-0.3, -0.25) is 47.9 Å². The van der Waals surface area contributed by atoms with Crippen LogP contribution in [0.5, 0.6) is 0 Å². The number of nitrogens with two attached hydrogens (primary N) is 2. The van der Waals surface area contributed by atoms with Crippen LogP contribution >= 0.6 is 0 Å². The molecule has 0 aromatic carbocycles. The number of amides is 8. The molecule has 0 radical (unpaired) electrons. The van der Waals surface area contributed by atoms with Crippen LogP contribution in [0, 0.1) is 11.8 Å². The van der Waals surface area contributed by atoms with Gasteiger partial charge in [0.2, 0.25) is 47.3 Å². The highest BCUT2D eigenvalue weighted by molar-refractivity contribution is 5.97. The molecule has 0 saturated carbocycles. The lowest BCUT2D eigenvalue weighted by atomic mass is 10.0. The Bertz CT molecular complexity index is 1320. The van der Waals surface area contributed by atoms with E-state index in [0.29, 0.717) is 0 Å². The van der Waals surface area contributed by atoms with E-state index in [-0.39, 0.29) is 37.5 Å². The molecule has 21 nitrogen and oxygen atoms in total. The van der Waals surface area contributed by atoms with Gasteiger partial charge in [0, 0.05) is 6.42 Å². The van der Waals surface area contributed by atoms with Crippen molar-refractivity contribution >= 4 is 59.2 Å². The fraction of sp³-hybridized carbons (Fsp3) is 0.677. The van der Waals surface area contributed by atoms with Crippen LogP contribution in [0.25, 0.3) is 0 Å². The van der Waals surface area contributed by atoms with Crippen molar-refractivity contribution in [3.8, 4) is 0 Å². The largest absolute Gasteiger partial charge is 0.481 e. The summed E-state index contributed by atoms with van der Waals surface area (Å²) in [5.41, 5.74) is 10.5. The standard InChI is InChI=1S/C31H53N9O12/c1-14(2)9-19(30(51)35-17(6)27(48)39-21(11-24(43)44)28(49)34-13-25(45)46)38-26(47)16(5)36-31(52)20(10-15(3)4)40-29(50)18(7-8-22(33)41)37-23(42)12-32/h14-21H,7-13,32H2,1-6H3,(H2,33,41)(H,34,49)(H,35,51)(H,36,52)(H,37,42)(H,38,47)(H,39,48)(H,40,50)(H,43,44)(H,45,46)/t16-,17-,18-,19-,20-,21-/m0/s1. The molecule has 0 fully saturated rings. The third-order valence-corrected chi connectivity index (χ3v) is 7.13. The number of carboxylic acids is 2. The second kappa shape index (κ2) is 23.2. The van der Waals surface area contributed by atoms with Gasteiger partial charge in [-0.15, -0.1) is 0 Å². The van der Waals surface area contributed by atoms with E-state index in [1.165, 1.54) is 13.8 Å². The molecule has 294 valence electrons. The van der Waals surface area contributed by atoms with E-state index in [4.69, 9.17) is 21.7 Å². The molecular formula is C31H53N9O12. The number of primary amides is 1. The van der Waals surface area contributed by atoms with Gasteiger partial charge in [-0.05, 0) is 44.9 Å². The molecule has 0 aliphatic rings. The molecule has 52 heavy (non-hydrogen) atoms. The summed E-state index contributed by atoms with van der Waals surface area (Å²) in [7, 11) is 0. The summed E-state index contributed by atoms with van der Waals surface area (Å²) in [5.74, 6) is -9.77. The van der Waals surface area contributed by atoms with Gasteiger partial charge in [-0.1, -0.05) is 27.7 Å². The number of carbonyl (C=O) groups is 10. The molecule has 13 N–H and O–H groups in total. The predicted octanol–water partition coefficient (Wildman–Crippen LogP) is -4.07. The monoisotopic (exact) mass is 743 g/mol. The topological polar surface area (TPSA) is 347 Å². The zero-order valence-corrected chi connectivity index (χ0v) is 30.2. The minimum Gasteiger partial charge on any atom is -0.481 e. The maximum Gasteiger partial charge on any atom is 0.322 e. The van der Waals surface area contributed by atoms with E-state index in [1.54, 1.807) is 27.7 Å². The average Bonchev–Trinajstić information content (AvgIpc) is 3.03. The van der Waals surface area contributed by atoms with Gasteiger partial charge in [0.1, 0.15) is 42.8 Å². The summed E-state index contributed by atoms with van der Waals surface area (Å²) in [6.07, 6.45) is -1.08. The lowest BCUT2D eigenvalue weighted by Gasteiger charge is -2.27. The Balaban J connectivity index is 5.73. The van der Waals surface area contributed by atoms with E-state index in [9.17, 15) is 47.9 Å². The van der Waals surface area contributed by atoms with Gasteiger partial charge < -0.3 is 58.9 Å². The Hall–Kier alpha value is -5.34. The molecular weight excluding hydrogens is 690 g/mol. The maximum atomic E-state index is 13.3. The van der Waals surface area contributed by atoms with Crippen LogP contribution in [0.15, 0.2) is 0 Å². The van der Waals surface area contributed by atoms with Crippen LogP contribution in [0.2, 0.25) is 0 Å². The number of aliphatic carboxylic acids is 2. The molecule has 8 amide bonds. The van der Waals surface area contributed by atoms with Gasteiger partial charge >= 0.3 is 11.9 Å². The van der Waals surface area contributed by atoms with Crippen LogP contribution in [0.4, 0.5) is 0 Å². The molecule has 0 aliphatic heterocycles. The second-order valence-corrected chi connectivity index (χ2v) is 12.9. The highest BCUT2D eigenvalue weighted by Crippen LogP contribution is 2.09. The van der Waals surface area contributed by atoms with E-state index in [2.05, 4.69) is 31.9 Å². The van der Waals surface area contributed by atoms with Crippen LogP contribution in [-0.4, -0.2) is 119 Å². The fourth-order valence-electron chi connectivity index (χ4n) is 4.51. The van der Waals surface area contributed by atoms with E-state index < -0.39 is 115 Å². The van der Waals surface area contributed by atoms with Gasteiger partial charge in [0.15, 0.2) is 0 Å². The van der Waals surface area contributed by atoms with Gasteiger partial charge in [0.05, 0.1) is 13.0 Å². The maximum absolute atomic E-state index is 13.3.